The van der Waals surface area contributed by atoms with E-state index in [4.69, 9.17) is 16.3 Å². The molecule has 160 valence electrons. The van der Waals surface area contributed by atoms with E-state index in [2.05, 4.69) is 39.4 Å². The summed E-state index contributed by atoms with van der Waals surface area (Å²) in [7, 11) is 0. The van der Waals surface area contributed by atoms with Crippen LogP contribution in [-0.2, 0) is 11.3 Å². The molecule has 1 amide bonds. The van der Waals surface area contributed by atoms with Gasteiger partial charge >= 0.3 is 0 Å². The van der Waals surface area contributed by atoms with Gasteiger partial charge in [0.2, 0.25) is 0 Å². The molecular weight excluding hydrogens is 400 g/mol. The molecule has 0 radical (unpaired) electrons. The van der Waals surface area contributed by atoms with Crippen LogP contribution >= 0.6 is 11.6 Å². The topological polar surface area (TPSA) is 57.2 Å². The highest BCUT2D eigenvalue weighted by molar-refractivity contribution is 6.30. The quantitative estimate of drug-likeness (QED) is 0.491. The van der Waals surface area contributed by atoms with Crippen LogP contribution in [0.4, 0.5) is 0 Å². The highest BCUT2D eigenvalue weighted by Gasteiger charge is 2.18. The Kier molecular flexibility index (Phi) is 8.68. The molecule has 1 N–H and O–H groups in total. The van der Waals surface area contributed by atoms with Crippen molar-refractivity contribution >= 4 is 23.7 Å². The largest absolute Gasteiger partial charge is 0.494 e. The zero-order valence-corrected chi connectivity index (χ0v) is 18.1. The summed E-state index contributed by atoms with van der Waals surface area (Å²) in [5.41, 5.74) is 4.78. The Morgan fingerprint density at radius 1 is 1.07 bits per heavy atom. The maximum absolute atomic E-state index is 12.2. The Bertz CT molecular complexity index is 816. The monoisotopic (exact) mass is 428 g/mol. The zero-order valence-electron chi connectivity index (χ0n) is 17.4. The van der Waals surface area contributed by atoms with Gasteiger partial charge in [-0.2, -0.15) is 5.10 Å². The van der Waals surface area contributed by atoms with E-state index in [-0.39, 0.29) is 5.91 Å². The van der Waals surface area contributed by atoms with Crippen molar-refractivity contribution in [2.75, 3.05) is 39.3 Å². The predicted molar refractivity (Wildman–Crippen MR) is 121 cm³/mol. The highest BCUT2D eigenvalue weighted by atomic mass is 35.5. The molecule has 1 aliphatic heterocycles. The summed E-state index contributed by atoms with van der Waals surface area (Å²) in [5, 5.41) is 4.82. The Morgan fingerprint density at radius 3 is 2.40 bits per heavy atom. The standard InChI is InChI=1S/C23H29ClN4O2/c1-2-15-30-22-9-5-19(6-10-22)16-25-26-23(29)18-28-13-11-27(12-14-28)17-20-3-7-21(24)8-4-20/h3-10,16H,2,11-15,17-18H2,1H3,(H,26,29). The lowest BCUT2D eigenvalue weighted by molar-refractivity contribution is -0.122. The second-order valence-corrected chi connectivity index (χ2v) is 7.83. The summed E-state index contributed by atoms with van der Waals surface area (Å²) < 4.78 is 5.55. The second kappa shape index (κ2) is 11.7. The van der Waals surface area contributed by atoms with E-state index in [1.165, 1.54) is 5.56 Å². The minimum Gasteiger partial charge on any atom is -0.494 e. The van der Waals surface area contributed by atoms with Gasteiger partial charge in [0, 0.05) is 37.7 Å². The first-order valence-electron chi connectivity index (χ1n) is 10.4. The number of halogens is 1. The van der Waals surface area contributed by atoms with Gasteiger partial charge in [-0.05, 0) is 53.9 Å². The van der Waals surface area contributed by atoms with Crippen molar-refractivity contribution in [2.24, 2.45) is 5.10 Å². The molecule has 30 heavy (non-hydrogen) atoms. The minimum atomic E-state index is -0.0969. The number of amides is 1. The summed E-state index contributed by atoms with van der Waals surface area (Å²) in [6.45, 7) is 7.65. The van der Waals surface area contributed by atoms with Crippen LogP contribution in [0.15, 0.2) is 53.6 Å². The fourth-order valence-electron chi connectivity index (χ4n) is 3.24. The van der Waals surface area contributed by atoms with E-state index in [1.54, 1.807) is 6.21 Å². The van der Waals surface area contributed by atoms with Crippen molar-refractivity contribution in [3.63, 3.8) is 0 Å². The number of nitrogens with one attached hydrogen (secondary N) is 1. The number of rotatable bonds is 9. The zero-order chi connectivity index (χ0) is 21.2. The van der Waals surface area contributed by atoms with Crippen LogP contribution in [0.1, 0.15) is 24.5 Å². The lowest BCUT2D eigenvalue weighted by Gasteiger charge is -2.34. The predicted octanol–water partition coefficient (Wildman–Crippen LogP) is 3.40. The smallest absolute Gasteiger partial charge is 0.254 e. The molecule has 1 aliphatic rings. The first kappa shape index (κ1) is 22.3. The van der Waals surface area contributed by atoms with E-state index in [0.717, 1.165) is 55.5 Å². The molecule has 0 aromatic heterocycles. The van der Waals surface area contributed by atoms with Gasteiger partial charge in [-0.3, -0.25) is 14.6 Å². The Morgan fingerprint density at radius 2 is 1.73 bits per heavy atom. The molecule has 0 atom stereocenters. The van der Waals surface area contributed by atoms with Crippen molar-refractivity contribution in [3.8, 4) is 5.75 Å². The number of nitrogens with zero attached hydrogens (tertiary/aromatic N) is 3. The summed E-state index contributed by atoms with van der Waals surface area (Å²) in [6, 6.07) is 15.6. The molecule has 7 heteroatoms. The lowest BCUT2D eigenvalue weighted by Crippen LogP contribution is -2.48. The maximum Gasteiger partial charge on any atom is 0.254 e. The van der Waals surface area contributed by atoms with Crippen molar-refractivity contribution in [1.82, 2.24) is 15.2 Å². The third-order valence-corrected chi connectivity index (χ3v) is 5.16. The number of piperazine rings is 1. The van der Waals surface area contributed by atoms with Gasteiger partial charge < -0.3 is 4.74 Å². The van der Waals surface area contributed by atoms with Gasteiger partial charge in [0.05, 0.1) is 19.4 Å². The Hall–Kier alpha value is -2.41. The SMILES string of the molecule is CCCOc1ccc(C=NNC(=O)CN2CCN(Cc3ccc(Cl)cc3)CC2)cc1. The number of carbonyl (C=O) groups excluding carboxylic acids is 1. The van der Waals surface area contributed by atoms with Crippen molar-refractivity contribution in [3.05, 3.63) is 64.7 Å². The molecule has 3 rings (SSSR count). The molecular formula is C23H29ClN4O2. The van der Waals surface area contributed by atoms with Gasteiger partial charge in [0.15, 0.2) is 0 Å². The fraction of sp³-hybridized carbons (Fsp3) is 0.391. The van der Waals surface area contributed by atoms with Crippen LogP contribution in [0.2, 0.25) is 5.02 Å². The van der Waals surface area contributed by atoms with Crippen LogP contribution in [0.25, 0.3) is 0 Å². The minimum absolute atomic E-state index is 0.0969. The number of ether oxygens (including phenoxy) is 1. The van der Waals surface area contributed by atoms with Crippen LogP contribution in [0.3, 0.4) is 0 Å². The Labute approximate surface area is 183 Å². The van der Waals surface area contributed by atoms with Crippen LogP contribution in [-0.4, -0.2) is 61.3 Å². The molecule has 0 saturated carbocycles. The highest BCUT2D eigenvalue weighted by Crippen LogP contribution is 2.13. The maximum atomic E-state index is 12.2. The Balaban J connectivity index is 1.35. The number of benzene rings is 2. The summed E-state index contributed by atoms with van der Waals surface area (Å²) in [6.07, 6.45) is 2.62. The molecule has 0 unspecified atom stereocenters. The molecule has 2 aromatic carbocycles. The van der Waals surface area contributed by atoms with Crippen LogP contribution in [0, 0.1) is 0 Å². The summed E-state index contributed by atoms with van der Waals surface area (Å²) in [5.74, 6) is 0.744. The first-order valence-corrected chi connectivity index (χ1v) is 10.7. The molecule has 2 aromatic rings. The number of hydrogen-bond donors (Lipinski definition) is 1. The van der Waals surface area contributed by atoms with E-state index in [9.17, 15) is 4.79 Å². The van der Waals surface area contributed by atoms with E-state index >= 15 is 0 Å². The van der Waals surface area contributed by atoms with Crippen molar-refractivity contribution < 1.29 is 9.53 Å². The molecule has 6 nitrogen and oxygen atoms in total. The molecule has 0 aliphatic carbocycles. The summed E-state index contributed by atoms with van der Waals surface area (Å²) >= 11 is 5.94. The molecule has 0 bridgehead atoms. The molecule has 1 saturated heterocycles. The van der Waals surface area contributed by atoms with Crippen LogP contribution in [0.5, 0.6) is 5.75 Å². The average molecular weight is 429 g/mol. The van der Waals surface area contributed by atoms with E-state index in [0.29, 0.717) is 13.2 Å². The third-order valence-electron chi connectivity index (χ3n) is 4.91. The molecule has 1 fully saturated rings. The van der Waals surface area contributed by atoms with Crippen molar-refractivity contribution in [2.45, 2.75) is 19.9 Å². The van der Waals surface area contributed by atoms with Crippen molar-refractivity contribution in [1.29, 1.82) is 0 Å². The summed E-state index contributed by atoms with van der Waals surface area (Å²) in [4.78, 5) is 16.7. The third kappa shape index (κ3) is 7.44. The van der Waals surface area contributed by atoms with Gasteiger partial charge in [0.25, 0.3) is 5.91 Å². The van der Waals surface area contributed by atoms with Gasteiger partial charge in [0.1, 0.15) is 5.75 Å². The first-order chi connectivity index (χ1) is 14.6. The van der Waals surface area contributed by atoms with Gasteiger partial charge in [-0.15, -0.1) is 0 Å². The van der Waals surface area contributed by atoms with Gasteiger partial charge in [-0.25, -0.2) is 5.43 Å². The molecule has 0 spiro atoms. The fourth-order valence-corrected chi connectivity index (χ4v) is 3.37. The lowest BCUT2D eigenvalue weighted by atomic mass is 10.2. The second-order valence-electron chi connectivity index (χ2n) is 7.39. The number of carbonyl (C=O) groups is 1. The van der Waals surface area contributed by atoms with Gasteiger partial charge in [-0.1, -0.05) is 30.7 Å². The van der Waals surface area contributed by atoms with E-state index in [1.807, 2.05) is 36.4 Å². The number of hydrogen-bond acceptors (Lipinski definition) is 5. The van der Waals surface area contributed by atoms with E-state index < -0.39 is 0 Å². The van der Waals surface area contributed by atoms with Crippen LogP contribution < -0.4 is 10.2 Å². The molecule has 1 heterocycles. The average Bonchev–Trinajstić information content (AvgIpc) is 2.76. The number of hydrazone groups is 1. The normalized spacial score (nSPS) is 15.4.